The number of amides is 1. The Bertz CT molecular complexity index is 780. The molecule has 0 bridgehead atoms. The molecule has 1 saturated heterocycles. The molecule has 0 radical (unpaired) electrons. The van der Waals surface area contributed by atoms with Gasteiger partial charge in [0.25, 0.3) is 0 Å². The van der Waals surface area contributed by atoms with Gasteiger partial charge in [0.05, 0.1) is 13.2 Å². The van der Waals surface area contributed by atoms with E-state index in [1.54, 1.807) is 7.11 Å². The fourth-order valence-corrected chi connectivity index (χ4v) is 3.58. The first kappa shape index (κ1) is 21.3. The highest BCUT2D eigenvalue weighted by atomic mass is 16.5. The van der Waals surface area contributed by atoms with Gasteiger partial charge in [-0.05, 0) is 37.0 Å². The highest BCUT2D eigenvalue weighted by Gasteiger charge is 2.27. The lowest BCUT2D eigenvalue weighted by molar-refractivity contribution is -0.133. The molecule has 3 rings (SSSR count). The number of aryl methyl sites for hydroxylation is 1. The summed E-state index contributed by atoms with van der Waals surface area (Å²) in [6.07, 6.45) is 2.08. The molecule has 1 amide bonds. The Morgan fingerprint density at radius 3 is 2.41 bits per heavy atom. The Labute approximate surface area is 173 Å². The van der Waals surface area contributed by atoms with E-state index < -0.39 is 0 Å². The van der Waals surface area contributed by atoms with Gasteiger partial charge in [-0.15, -0.1) is 10.2 Å². The number of methoxy groups -OCH3 is 1. The normalized spacial score (nSPS) is 16.2. The Kier molecular flexibility index (Phi) is 7.25. The van der Waals surface area contributed by atoms with Crippen molar-refractivity contribution in [1.82, 2.24) is 20.0 Å². The Balaban J connectivity index is 1.45. The first-order valence-electron chi connectivity index (χ1n) is 10.4. The standard InChI is InChI=1S/C22H32N4O3/c1-16(2)15-20-23-24-22(29-20)17(3)25-11-13-26(14-12-25)21(27)10-7-18-5-8-19(28-4)9-6-18/h5-6,8-9,16-17H,7,10-15H2,1-4H3. The minimum Gasteiger partial charge on any atom is -0.497 e. The number of piperazine rings is 1. The van der Waals surface area contributed by atoms with E-state index in [-0.39, 0.29) is 11.9 Å². The van der Waals surface area contributed by atoms with Crippen LogP contribution in [0.4, 0.5) is 0 Å². The highest BCUT2D eigenvalue weighted by molar-refractivity contribution is 5.76. The van der Waals surface area contributed by atoms with Gasteiger partial charge in [-0.2, -0.15) is 0 Å². The molecule has 1 fully saturated rings. The zero-order valence-electron chi connectivity index (χ0n) is 17.9. The fraction of sp³-hybridized carbons (Fsp3) is 0.591. The summed E-state index contributed by atoms with van der Waals surface area (Å²) in [5.41, 5.74) is 1.15. The van der Waals surface area contributed by atoms with Gasteiger partial charge in [-0.3, -0.25) is 9.69 Å². The highest BCUT2D eigenvalue weighted by Crippen LogP contribution is 2.22. The molecule has 1 aliphatic rings. The van der Waals surface area contributed by atoms with E-state index in [4.69, 9.17) is 9.15 Å². The molecule has 1 aliphatic heterocycles. The molecule has 1 atom stereocenters. The summed E-state index contributed by atoms with van der Waals surface area (Å²) >= 11 is 0. The first-order chi connectivity index (χ1) is 14.0. The van der Waals surface area contributed by atoms with E-state index in [0.29, 0.717) is 24.1 Å². The minimum atomic E-state index is 0.0694. The molecule has 1 aromatic carbocycles. The van der Waals surface area contributed by atoms with Crippen LogP contribution in [0.1, 0.15) is 50.6 Å². The van der Waals surface area contributed by atoms with Crippen molar-refractivity contribution in [2.45, 2.75) is 46.1 Å². The van der Waals surface area contributed by atoms with Crippen molar-refractivity contribution in [2.75, 3.05) is 33.3 Å². The zero-order valence-corrected chi connectivity index (χ0v) is 17.9. The summed E-state index contributed by atoms with van der Waals surface area (Å²) in [5, 5.41) is 8.39. The molecule has 0 aliphatic carbocycles. The summed E-state index contributed by atoms with van der Waals surface area (Å²) in [6.45, 7) is 9.47. The lowest BCUT2D eigenvalue weighted by Crippen LogP contribution is -2.49. The third-order valence-electron chi connectivity index (χ3n) is 5.42. The molecule has 0 N–H and O–H groups in total. The van der Waals surface area contributed by atoms with Crippen LogP contribution in [0.25, 0.3) is 0 Å². The number of carbonyl (C=O) groups is 1. The molecule has 0 saturated carbocycles. The zero-order chi connectivity index (χ0) is 20.8. The largest absolute Gasteiger partial charge is 0.497 e. The third kappa shape index (κ3) is 5.79. The van der Waals surface area contributed by atoms with Gasteiger partial charge in [-0.1, -0.05) is 26.0 Å². The quantitative estimate of drug-likeness (QED) is 0.678. The fourth-order valence-electron chi connectivity index (χ4n) is 3.58. The van der Waals surface area contributed by atoms with Crippen LogP contribution in [0.15, 0.2) is 28.7 Å². The molecular weight excluding hydrogens is 368 g/mol. The summed E-state index contributed by atoms with van der Waals surface area (Å²) in [4.78, 5) is 16.9. The molecule has 2 aromatic rings. The molecule has 1 unspecified atom stereocenters. The monoisotopic (exact) mass is 400 g/mol. The van der Waals surface area contributed by atoms with Crippen LogP contribution in [0, 0.1) is 5.92 Å². The van der Waals surface area contributed by atoms with Gasteiger partial charge in [0, 0.05) is 39.0 Å². The molecule has 29 heavy (non-hydrogen) atoms. The van der Waals surface area contributed by atoms with E-state index in [9.17, 15) is 4.79 Å². The van der Waals surface area contributed by atoms with Crippen molar-refractivity contribution < 1.29 is 13.9 Å². The number of hydrogen-bond acceptors (Lipinski definition) is 6. The van der Waals surface area contributed by atoms with Crippen LogP contribution in [0.5, 0.6) is 5.75 Å². The molecule has 1 aromatic heterocycles. The molecular formula is C22H32N4O3. The van der Waals surface area contributed by atoms with Gasteiger partial charge in [0.15, 0.2) is 0 Å². The summed E-state index contributed by atoms with van der Waals surface area (Å²) in [7, 11) is 1.65. The Morgan fingerprint density at radius 2 is 1.79 bits per heavy atom. The van der Waals surface area contributed by atoms with Crippen molar-refractivity contribution in [2.24, 2.45) is 5.92 Å². The average Bonchev–Trinajstić information content (AvgIpc) is 3.19. The van der Waals surface area contributed by atoms with E-state index in [2.05, 4.69) is 35.9 Å². The third-order valence-corrected chi connectivity index (χ3v) is 5.42. The van der Waals surface area contributed by atoms with Gasteiger partial charge in [0.1, 0.15) is 5.75 Å². The van der Waals surface area contributed by atoms with Crippen molar-refractivity contribution >= 4 is 5.91 Å². The van der Waals surface area contributed by atoms with E-state index in [1.165, 1.54) is 0 Å². The SMILES string of the molecule is COc1ccc(CCC(=O)N2CCN(C(C)c3nnc(CC(C)C)o3)CC2)cc1. The lowest BCUT2D eigenvalue weighted by atomic mass is 10.1. The molecule has 2 heterocycles. The van der Waals surface area contributed by atoms with E-state index in [1.807, 2.05) is 29.2 Å². The first-order valence-corrected chi connectivity index (χ1v) is 10.4. The van der Waals surface area contributed by atoms with Crippen LogP contribution in [-0.4, -0.2) is 59.2 Å². The van der Waals surface area contributed by atoms with Gasteiger partial charge >= 0.3 is 0 Å². The minimum absolute atomic E-state index is 0.0694. The summed E-state index contributed by atoms with van der Waals surface area (Å²) < 4.78 is 11.0. The maximum absolute atomic E-state index is 12.6. The van der Waals surface area contributed by atoms with Gasteiger partial charge in [-0.25, -0.2) is 0 Å². The number of hydrogen-bond donors (Lipinski definition) is 0. The van der Waals surface area contributed by atoms with Crippen LogP contribution in [-0.2, 0) is 17.6 Å². The van der Waals surface area contributed by atoms with Crippen molar-refractivity contribution in [3.8, 4) is 5.75 Å². The van der Waals surface area contributed by atoms with Crippen LogP contribution >= 0.6 is 0 Å². The predicted octanol–water partition coefficient (Wildman–Crippen LogP) is 3.11. The number of benzene rings is 1. The molecule has 7 heteroatoms. The smallest absolute Gasteiger partial charge is 0.233 e. The number of rotatable bonds is 8. The maximum Gasteiger partial charge on any atom is 0.233 e. The lowest BCUT2D eigenvalue weighted by Gasteiger charge is -2.37. The van der Waals surface area contributed by atoms with Crippen molar-refractivity contribution in [1.29, 1.82) is 0 Å². The van der Waals surface area contributed by atoms with Crippen molar-refractivity contribution in [3.05, 3.63) is 41.6 Å². The van der Waals surface area contributed by atoms with E-state index in [0.717, 1.165) is 50.3 Å². The molecule has 7 nitrogen and oxygen atoms in total. The number of carbonyl (C=O) groups excluding carboxylic acids is 1. The summed E-state index contributed by atoms with van der Waals surface area (Å²) in [6, 6.07) is 7.97. The van der Waals surface area contributed by atoms with Gasteiger partial charge in [0.2, 0.25) is 17.7 Å². The molecule has 158 valence electrons. The van der Waals surface area contributed by atoms with Crippen LogP contribution in [0.3, 0.4) is 0 Å². The second-order valence-electron chi connectivity index (χ2n) is 8.07. The average molecular weight is 401 g/mol. The molecule has 0 spiro atoms. The van der Waals surface area contributed by atoms with Gasteiger partial charge < -0.3 is 14.1 Å². The number of nitrogens with zero attached hydrogens (tertiary/aromatic N) is 4. The maximum atomic E-state index is 12.6. The van der Waals surface area contributed by atoms with Crippen LogP contribution in [0.2, 0.25) is 0 Å². The second kappa shape index (κ2) is 9.87. The van der Waals surface area contributed by atoms with Crippen LogP contribution < -0.4 is 4.74 Å². The predicted molar refractivity (Wildman–Crippen MR) is 111 cm³/mol. The topological polar surface area (TPSA) is 71.7 Å². The van der Waals surface area contributed by atoms with Crippen molar-refractivity contribution in [3.63, 3.8) is 0 Å². The Hall–Kier alpha value is -2.41. The Morgan fingerprint density at radius 1 is 1.10 bits per heavy atom. The number of aromatic nitrogens is 2. The van der Waals surface area contributed by atoms with E-state index >= 15 is 0 Å². The second-order valence-corrected chi connectivity index (χ2v) is 8.07. The number of ether oxygens (including phenoxy) is 1. The summed E-state index contributed by atoms with van der Waals surface area (Å²) in [5.74, 6) is 2.91.